The van der Waals surface area contributed by atoms with E-state index in [0.29, 0.717) is 12.3 Å². The average Bonchev–Trinajstić information content (AvgIpc) is 2.47. The van der Waals surface area contributed by atoms with Gasteiger partial charge < -0.3 is 15.5 Å². The van der Waals surface area contributed by atoms with Crippen LogP contribution in [0.2, 0.25) is 0 Å². The number of nitrogens with two attached hydrogens (primary N) is 1. The largest absolute Gasteiger partial charge is 0.341 e. The first-order valence-corrected chi connectivity index (χ1v) is 7.79. The fourth-order valence-corrected chi connectivity index (χ4v) is 3.04. The molecule has 1 aromatic carbocycles. The Kier molecular flexibility index (Phi) is 5.76. The monoisotopic (exact) mass is 289 g/mol. The number of amides is 1. The number of likely N-dealkylation sites (tertiary alicyclic amines) is 1. The van der Waals surface area contributed by atoms with E-state index in [1.807, 2.05) is 35.2 Å². The number of benzene rings is 1. The highest BCUT2D eigenvalue weighted by atomic mass is 16.2. The van der Waals surface area contributed by atoms with E-state index in [-0.39, 0.29) is 5.91 Å². The number of carbonyl (C=O) groups excluding carboxylic acids is 1. The van der Waals surface area contributed by atoms with Crippen molar-refractivity contribution in [3.8, 4) is 0 Å². The van der Waals surface area contributed by atoms with Gasteiger partial charge in [0, 0.05) is 19.6 Å². The molecule has 1 fully saturated rings. The molecule has 0 saturated carbocycles. The van der Waals surface area contributed by atoms with Crippen LogP contribution < -0.4 is 5.73 Å². The zero-order valence-electron chi connectivity index (χ0n) is 13.2. The lowest BCUT2D eigenvalue weighted by atomic mass is 9.95. The minimum Gasteiger partial charge on any atom is -0.341 e. The highest BCUT2D eigenvalue weighted by Gasteiger charge is 2.26. The van der Waals surface area contributed by atoms with E-state index in [2.05, 4.69) is 19.0 Å². The maximum absolute atomic E-state index is 12.4. The van der Waals surface area contributed by atoms with E-state index < -0.39 is 6.04 Å². The lowest BCUT2D eigenvalue weighted by Crippen LogP contribution is -2.48. The molecular weight excluding hydrogens is 262 g/mol. The molecule has 4 heteroatoms. The Bertz CT molecular complexity index is 439. The summed E-state index contributed by atoms with van der Waals surface area (Å²) < 4.78 is 0. The molecule has 21 heavy (non-hydrogen) atoms. The maximum atomic E-state index is 12.4. The van der Waals surface area contributed by atoms with Gasteiger partial charge in [-0.3, -0.25) is 4.79 Å². The topological polar surface area (TPSA) is 49.6 Å². The van der Waals surface area contributed by atoms with E-state index >= 15 is 0 Å². The third kappa shape index (κ3) is 4.83. The fraction of sp³-hybridized carbons (Fsp3) is 0.588. The molecular formula is C17H27N3O. The fourth-order valence-electron chi connectivity index (χ4n) is 3.04. The van der Waals surface area contributed by atoms with Crippen LogP contribution in [0.15, 0.2) is 30.3 Å². The van der Waals surface area contributed by atoms with Crippen LogP contribution in [0.25, 0.3) is 0 Å². The second-order valence-corrected chi connectivity index (χ2v) is 6.33. The summed E-state index contributed by atoms with van der Waals surface area (Å²) in [5.41, 5.74) is 7.22. The number of piperidine rings is 1. The Hall–Kier alpha value is -1.39. The van der Waals surface area contributed by atoms with Crippen LogP contribution in [-0.4, -0.2) is 55.5 Å². The zero-order valence-corrected chi connectivity index (χ0v) is 13.2. The molecule has 0 radical (unpaired) electrons. The number of rotatable bonds is 5. The highest BCUT2D eigenvalue weighted by molar-refractivity contribution is 5.82. The standard InChI is InChI=1S/C17H27N3O/c1-19(2)13-15-8-10-20(11-9-15)17(21)16(18)12-14-6-4-3-5-7-14/h3-7,15-16H,8-13,18H2,1-2H3/t16-/m1/s1. The summed E-state index contributed by atoms with van der Waals surface area (Å²) in [4.78, 5) is 16.6. The van der Waals surface area contributed by atoms with Crippen LogP contribution in [0.1, 0.15) is 18.4 Å². The summed E-state index contributed by atoms with van der Waals surface area (Å²) in [6.07, 6.45) is 2.79. The first-order valence-electron chi connectivity index (χ1n) is 7.79. The highest BCUT2D eigenvalue weighted by Crippen LogP contribution is 2.18. The Morgan fingerprint density at radius 3 is 2.48 bits per heavy atom. The van der Waals surface area contributed by atoms with Gasteiger partial charge in [-0.2, -0.15) is 0 Å². The predicted octanol–water partition coefficient (Wildman–Crippen LogP) is 1.36. The molecule has 116 valence electrons. The minimum atomic E-state index is -0.419. The van der Waals surface area contributed by atoms with E-state index in [1.165, 1.54) is 0 Å². The molecule has 1 amide bonds. The van der Waals surface area contributed by atoms with Gasteiger partial charge >= 0.3 is 0 Å². The lowest BCUT2D eigenvalue weighted by molar-refractivity contribution is -0.134. The van der Waals surface area contributed by atoms with Crippen molar-refractivity contribution in [1.82, 2.24) is 9.80 Å². The van der Waals surface area contributed by atoms with E-state index in [1.54, 1.807) is 0 Å². The van der Waals surface area contributed by atoms with Crippen molar-refractivity contribution in [2.75, 3.05) is 33.7 Å². The summed E-state index contributed by atoms with van der Waals surface area (Å²) >= 11 is 0. The first-order chi connectivity index (χ1) is 10.1. The van der Waals surface area contributed by atoms with Gasteiger partial charge in [0.2, 0.25) is 5.91 Å². The summed E-state index contributed by atoms with van der Waals surface area (Å²) in [5, 5.41) is 0. The van der Waals surface area contributed by atoms with Gasteiger partial charge in [0.05, 0.1) is 6.04 Å². The van der Waals surface area contributed by atoms with Gasteiger partial charge in [0.15, 0.2) is 0 Å². The van der Waals surface area contributed by atoms with Gasteiger partial charge in [0.1, 0.15) is 0 Å². The van der Waals surface area contributed by atoms with E-state index in [9.17, 15) is 4.79 Å². The molecule has 1 aromatic rings. The van der Waals surface area contributed by atoms with Crippen LogP contribution in [0.4, 0.5) is 0 Å². The first kappa shape index (κ1) is 16.0. The molecule has 2 rings (SSSR count). The van der Waals surface area contributed by atoms with E-state index in [4.69, 9.17) is 5.73 Å². The van der Waals surface area contributed by atoms with Crippen molar-refractivity contribution in [2.24, 2.45) is 11.7 Å². The molecule has 1 aliphatic rings. The van der Waals surface area contributed by atoms with Crippen molar-refractivity contribution in [3.63, 3.8) is 0 Å². The molecule has 0 unspecified atom stereocenters. The van der Waals surface area contributed by atoms with Gasteiger partial charge in [0.25, 0.3) is 0 Å². The molecule has 1 atom stereocenters. The minimum absolute atomic E-state index is 0.0992. The normalized spacial score (nSPS) is 18.0. The zero-order chi connectivity index (χ0) is 15.2. The lowest BCUT2D eigenvalue weighted by Gasteiger charge is -2.34. The van der Waals surface area contributed by atoms with Crippen LogP contribution in [0.5, 0.6) is 0 Å². The SMILES string of the molecule is CN(C)CC1CCN(C(=O)[C@H](N)Cc2ccccc2)CC1. The van der Waals surface area contributed by atoms with Crippen molar-refractivity contribution in [1.29, 1.82) is 0 Å². The quantitative estimate of drug-likeness (QED) is 0.890. The summed E-state index contributed by atoms with van der Waals surface area (Å²) in [6.45, 7) is 2.80. The Morgan fingerprint density at radius 2 is 1.90 bits per heavy atom. The van der Waals surface area contributed by atoms with Gasteiger partial charge in [-0.15, -0.1) is 0 Å². The maximum Gasteiger partial charge on any atom is 0.239 e. The third-order valence-electron chi connectivity index (χ3n) is 4.17. The van der Waals surface area contributed by atoms with Gasteiger partial charge in [-0.25, -0.2) is 0 Å². The Morgan fingerprint density at radius 1 is 1.29 bits per heavy atom. The predicted molar refractivity (Wildman–Crippen MR) is 86.0 cm³/mol. The van der Waals surface area contributed by atoms with Crippen LogP contribution >= 0.6 is 0 Å². The second kappa shape index (κ2) is 7.57. The molecule has 0 bridgehead atoms. The van der Waals surface area contributed by atoms with Crippen LogP contribution in [0, 0.1) is 5.92 Å². The number of hydrogen-bond acceptors (Lipinski definition) is 3. The summed E-state index contributed by atoms with van der Waals surface area (Å²) in [5.74, 6) is 0.802. The number of nitrogens with zero attached hydrogens (tertiary/aromatic N) is 2. The van der Waals surface area contributed by atoms with Crippen LogP contribution in [0.3, 0.4) is 0 Å². The number of carbonyl (C=O) groups is 1. The molecule has 0 aromatic heterocycles. The van der Waals surface area contributed by atoms with Crippen molar-refractivity contribution < 1.29 is 4.79 Å². The third-order valence-corrected chi connectivity index (χ3v) is 4.17. The second-order valence-electron chi connectivity index (χ2n) is 6.33. The molecule has 1 saturated heterocycles. The van der Waals surface area contributed by atoms with E-state index in [0.717, 1.165) is 38.0 Å². The van der Waals surface area contributed by atoms with Crippen molar-refractivity contribution in [3.05, 3.63) is 35.9 Å². The summed E-state index contributed by atoms with van der Waals surface area (Å²) in [6, 6.07) is 9.58. The smallest absolute Gasteiger partial charge is 0.239 e. The molecule has 1 heterocycles. The van der Waals surface area contributed by atoms with Gasteiger partial charge in [-0.1, -0.05) is 30.3 Å². The number of hydrogen-bond donors (Lipinski definition) is 1. The average molecular weight is 289 g/mol. The molecule has 4 nitrogen and oxygen atoms in total. The van der Waals surface area contributed by atoms with Crippen molar-refractivity contribution >= 4 is 5.91 Å². The molecule has 0 aliphatic carbocycles. The molecule has 1 aliphatic heterocycles. The Balaban J connectivity index is 1.81. The summed E-state index contributed by atoms with van der Waals surface area (Å²) in [7, 11) is 4.21. The van der Waals surface area contributed by atoms with Crippen molar-refractivity contribution in [2.45, 2.75) is 25.3 Å². The van der Waals surface area contributed by atoms with Gasteiger partial charge in [-0.05, 0) is 44.8 Å². The van der Waals surface area contributed by atoms with Crippen LogP contribution in [-0.2, 0) is 11.2 Å². The molecule has 2 N–H and O–H groups in total. The Labute approximate surface area is 127 Å². The molecule has 0 spiro atoms.